The fourth-order valence-electron chi connectivity index (χ4n) is 2.68. The van der Waals surface area contributed by atoms with E-state index < -0.39 is 0 Å². The van der Waals surface area contributed by atoms with Gasteiger partial charge in [-0.15, -0.1) is 11.3 Å². The van der Waals surface area contributed by atoms with Gasteiger partial charge in [0.25, 0.3) is 0 Å². The van der Waals surface area contributed by atoms with Gasteiger partial charge in [-0.05, 0) is 35.6 Å². The summed E-state index contributed by atoms with van der Waals surface area (Å²) in [6, 6.07) is 5.73. The van der Waals surface area contributed by atoms with Crippen molar-refractivity contribution in [2.45, 2.75) is 19.0 Å². The number of fused-ring (bicyclic) bond motifs is 1. The van der Waals surface area contributed by atoms with Gasteiger partial charge in [-0.3, -0.25) is 10.1 Å². The zero-order valence-electron chi connectivity index (χ0n) is 12.6. The monoisotopic (exact) mass is 320 g/mol. The average molecular weight is 320 g/mol. The van der Waals surface area contributed by atoms with E-state index in [1.165, 1.54) is 10.4 Å². The summed E-state index contributed by atoms with van der Waals surface area (Å²) >= 11 is 1.78. The Morgan fingerprint density at radius 2 is 2.45 bits per heavy atom. The molecule has 2 aromatic heterocycles. The summed E-state index contributed by atoms with van der Waals surface area (Å²) in [5.74, 6) is 0.901. The van der Waals surface area contributed by atoms with Crippen molar-refractivity contribution < 1.29 is 13.9 Å². The highest BCUT2D eigenvalue weighted by molar-refractivity contribution is 7.10. The largest absolute Gasteiger partial charge is 0.468 e. The molecule has 0 aromatic carbocycles. The number of hydrogen-bond donors (Lipinski definition) is 1. The molecule has 0 spiro atoms. The highest BCUT2D eigenvalue weighted by Gasteiger charge is 2.22. The van der Waals surface area contributed by atoms with Crippen molar-refractivity contribution in [1.82, 2.24) is 10.2 Å². The number of furan rings is 1. The fraction of sp³-hybridized carbons (Fsp3) is 0.438. The lowest BCUT2D eigenvalue weighted by Crippen LogP contribution is -2.42. The van der Waals surface area contributed by atoms with Gasteiger partial charge in [-0.2, -0.15) is 0 Å². The zero-order chi connectivity index (χ0) is 15.4. The van der Waals surface area contributed by atoms with E-state index >= 15 is 0 Å². The first-order chi connectivity index (χ1) is 10.8. The summed E-state index contributed by atoms with van der Waals surface area (Å²) in [6.45, 7) is 2.27. The lowest BCUT2D eigenvalue weighted by molar-refractivity contribution is -0.131. The zero-order valence-corrected chi connectivity index (χ0v) is 13.4. The third-order valence-corrected chi connectivity index (χ3v) is 4.90. The Bertz CT molecular complexity index is 609. The molecule has 3 rings (SSSR count). The second-order valence-corrected chi connectivity index (χ2v) is 6.34. The van der Waals surface area contributed by atoms with Crippen LogP contribution in [0, 0.1) is 0 Å². The molecule has 0 saturated carbocycles. The van der Waals surface area contributed by atoms with Gasteiger partial charge in [0.05, 0.1) is 25.5 Å². The van der Waals surface area contributed by atoms with E-state index in [2.05, 4.69) is 16.8 Å². The molecule has 6 heteroatoms. The molecule has 118 valence electrons. The lowest BCUT2D eigenvalue weighted by atomic mass is 10.1. The van der Waals surface area contributed by atoms with Crippen LogP contribution in [0.3, 0.4) is 0 Å². The van der Waals surface area contributed by atoms with Crippen LogP contribution in [-0.2, 0) is 22.5 Å². The second kappa shape index (κ2) is 7.09. The Morgan fingerprint density at radius 3 is 3.23 bits per heavy atom. The molecule has 0 saturated heterocycles. The predicted molar refractivity (Wildman–Crippen MR) is 84.8 cm³/mol. The van der Waals surface area contributed by atoms with Gasteiger partial charge in [0, 0.05) is 25.1 Å². The standard InChI is InChI=1S/C16H20N2O3S/c1-20-11-13(14-3-2-7-21-14)17-9-16(19)18-6-4-15-12(10-18)5-8-22-15/h2-3,5,7-8,13,17H,4,6,9-11H2,1H3. The first kappa shape index (κ1) is 15.3. The highest BCUT2D eigenvalue weighted by Crippen LogP contribution is 2.24. The van der Waals surface area contributed by atoms with Gasteiger partial charge in [-0.1, -0.05) is 0 Å². The molecular formula is C16H20N2O3S. The summed E-state index contributed by atoms with van der Waals surface area (Å²) in [4.78, 5) is 15.7. The predicted octanol–water partition coefficient (Wildman–Crippen LogP) is 2.20. The van der Waals surface area contributed by atoms with Crippen molar-refractivity contribution in [3.63, 3.8) is 0 Å². The minimum Gasteiger partial charge on any atom is -0.468 e. The minimum absolute atomic E-state index is 0.106. The van der Waals surface area contributed by atoms with E-state index in [9.17, 15) is 4.79 Å². The number of carbonyl (C=O) groups excluding carboxylic acids is 1. The Kier molecular flexibility index (Phi) is 4.92. The van der Waals surface area contributed by atoms with Crippen LogP contribution in [0.5, 0.6) is 0 Å². The van der Waals surface area contributed by atoms with E-state index in [0.29, 0.717) is 6.61 Å². The molecule has 0 bridgehead atoms. The number of methoxy groups -OCH3 is 1. The van der Waals surface area contributed by atoms with E-state index in [0.717, 1.165) is 25.3 Å². The maximum atomic E-state index is 12.4. The van der Waals surface area contributed by atoms with Crippen LogP contribution in [0.15, 0.2) is 34.3 Å². The van der Waals surface area contributed by atoms with E-state index in [4.69, 9.17) is 9.15 Å². The van der Waals surface area contributed by atoms with Crippen molar-refractivity contribution in [1.29, 1.82) is 0 Å². The number of rotatable bonds is 6. The first-order valence-corrected chi connectivity index (χ1v) is 8.24. The molecule has 0 fully saturated rings. The van der Waals surface area contributed by atoms with E-state index in [-0.39, 0.29) is 18.5 Å². The Hall–Kier alpha value is -1.63. The average Bonchev–Trinajstić information content (AvgIpc) is 3.21. The molecular weight excluding hydrogens is 300 g/mol. The molecule has 22 heavy (non-hydrogen) atoms. The van der Waals surface area contributed by atoms with E-state index in [1.807, 2.05) is 17.0 Å². The van der Waals surface area contributed by atoms with Gasteiger partial charge >= 0.3 is 0 Å². The van der Waals surface area contributed by atoms with Crippen LogP contribution in [0.1, 0.15) is 22.2 Å². The summed E-state index contributed by atoms with van der Waals surface area (Å²) < 4.78 is 10.6. The Morgan fingerprint density at radius 1 is 1.55 bits per heavy atom. The summed E-state index contributed by atoms with van der Waals surface area (Å²) in [6.07, 6.45) is 2.59. The maximum absolute atomic E-state index is 12.4. The van der Waals surface area contributed by atoms with Crippen molar-refractivity contribution in [2.24, 2.45) is 0 Å². The van der Waals surface area contributed by atoms with Gasteiger partial charge in [0.2, 0.25) is 5.91 Å². The molecule has 1 aliphatic rings. The van der Waals surface area contributed by atoms with Gasteiger partial charge in [-0.25, -0.2) is 0 Å². The van der Waals surface area contributed by atoms with Crippen LogP contribution in [0.2, 0.25) is 0 Å². The number of nitrogens with one attached hydrogen (secondary N) is 1. The maximum Gasteiger partial charge on any atom is 0.236 e. The topological polar surface area (TPSA) is 54.7 Å². The second-order valence-electron chi connectivity index (χ2n) is 5.34. The van der Waals surface area contributed by atoms with Crippen LogP contribution >= 0.6 is 11.3 Å². The lowest BCUT2D eigenvalue weighted by Gasteiger charge is -2.28. The van der Waals surface area contributed by atoms with Crippen LogP contribution in [0.25, 0.3) is 0 Å². The molecule has 1 unspecified atom stereocenters. The number of amides is 1. The van der Waals surface area contributed by atoms with Crippen LogP contribution in [-0.4, -0.2) is 37.6 Å². The van der Waals surface area contributed by atoms with Crippen molar-refractivity contribution in [2.75, 3.05) is 26.8 Å². The first-order valence-electron chi connectivity index (χ1n) is 7.36. The molecule has 5 nitrogen and oxygen atoms in total. The number of hydrogen-bond acceptors (Lipinski definition) is 5. The number of nitrogens with zero attached hydrogens (tertiary/aromatic N) is 1. The Labute approximate surface area is 133 Å². The fourth-order valence-corrected chi connectivity index (χ4v) is 3.57. The quantitative estimate of drug-likeness (QED) is 0.886. The summed E-state index contributed by atoms with van der Waals surface area (Å²) in [5, 5.41) is 5.33. The van der Waals surface area contributed by atoms with Crippen molar-refractivity contribution >= 4 is 17.2 Å². The molecule has 0 aliphatic carbocycles. The summed E-state index contributed by atoms with van der Waals surface area (Å²) in [7, 11) is 1.64. The molecule has 0 radical (unpaired) electrons. The third-order valence-electron chi connectivity index (χ3n) is 3.88. The molecule has 1 atom stereocenters. The molecule has 3 heterocycles. The normalized spacial score (nSPS) is 15.6. The van der Waals surface area contributed by atoms with Gasteiger partial charge in [0.15, 0.2) is 0 Å². The Balaban J connectivity index is 1.55. The summed E-state index contributed by atoms with van der Waals surface area (Å²) in [5.41, 5.74) is 1.28. The number of thiophene rings is 1. The van der Waals surface area contributed by atoms with Gasteiger partial charge in [0.1, 0.15) is 5.76 Å². The molecule has 1 aliphatic heterocycles. The third kappa shape index (κ3) is 3.40. The smallest absolute Gasteiger partial charge is 0.236 e. The van der Waals surface area contributed by atoms with Gasteiger partial charge < -0.3 is 14.1 Å². The number of carbonyl (C=O) groups is 1. The van der Waals surface area contributed by atoms with Crippen molar-refractivity contribution in [3.8, 4) is 0 Å². The minimum atomic E-state index is -0.106. The van der Waals surface area contributed by atoms with E-state index in [1.54, 1.807) is 24.7 Å². The highest BCUT2D eigenvalue weighted by atomic mass is 32.1. The molecule has 1 N–H and O–H groups in total. The molecule has 1 amide bonds. The van der Waals surface area contributed by atoms with Crippen LogP contribution < -0.4 is 5.32 Å². The SMILES string of the molecule is COCC(NCC(=O)N1CCc2sccc2C1)c1ccco1. The molecule has 2 aromatic rings. The van der Waals surface area contributed by atoms with Crippen LogP contribution in [0.4, 0.5) is 0 Å². The van der Waals surface area contributed by atoms with Crippen molar-refractivity contribution in [3.05, 3.63) is 46.0 Å². The number of ether oxygens (including phenoxy) is 1.